The summed E-state index contributed by atoms with van der Waals surface area (Å²) in [6, 6.07) is 12.1. The molecule has 0 fully saturated rings. The first-order valence-corrected chi connectivity index (χ1v) is 8.32. The van der Waals surface area contributed by atoms with Gasteiger partial charge in [0, 0.05) is 11.1 Å². The molecule has 1 unspecified atom stereocenters. The Morgan fingerprint density at radius 1 is 1.24 bits per heavy atom. The first-order chi connectivity index (χ1) is 11.9. The van der Waals surface area contributed by atoms with Crippen molar-refractivity contribution >= 4 is 34.5 Å². The number of fused-ring (bicyclic) bond motifs is 1. The number of rotatable bonds is 3. The molecule has 1 amide bonds. The zero-order valence-electron chi connectivity index (χ0n) is 13.9. The molecule has 128 valence electrons. The average molecular weight is 358 g/mol. The lowest BCUT2D eigenvalue weighted by molar-refractivity contribution is -0.121. The molecule has 0 bridgehead atoms. The summed E-state index contributed by atoms with van der Waals surface area (Å²) >= 11 is 6.40. The Labute approximate surface area is 150 Å². The molecule has 3 rings (SSSR count). The van der Waals surface area contributed by atoms with Crippen LogP contribution in [0, 0.1) is 18.7 Å². The minimum atomic E-state index is -0.673. The van der Waals surface area contributed by atoms with Crippen molar-refractivity contribution in [3.05, 3.63) is 70.5 Å². The summed E-state index contributed by atoms with van der Waals surface area (Å²) in [6.07, 6.45) is 0.636. The molecule has 3 nitrogen and oxygen atoms in total. The van der Waals surface area contributed by atoms with Crippen LogP contribution in [0.15, 0.2) is 48.0 Å². The third kappa shape index (κ3) is 3.10. The van der Waals surface area contributed by atoms with Crippen LogP contribution >= 0.6 is 11.6 Å². The van der Waals surface area contributed by atoms with Crippen LogP contribution in [0.3, 0.4) is 0 Å². The van der Waals surface area contributed by atoms with Crippen LogP contribution in [0.1, 0.15) is 23.6 Å². The summed E-state index contributed by atoms with van der Waals surface area (Å²) < 4.78 is 13.9. The fraction of sp³-hybridized carbons (Fsp3) is 0.200. The largest absolute Gasteiger partial charge is 0.307 e. The van der Waals surface area contributed by atoms with Gasteiger partial charge >= 0.3 is 0 Å². The lowest BCUT2D eigenvalue weighted by Crippen LogP contribution is -2.35. The summed E-state index contributed by atoms with van der Waals surface area (Å²) in [7, 11) is 0. The zero-order valence-corrected chi connectivity index (χ0v) is 14.7. The van der Waals surface area contributed by atoms with Crippen LogP contribution in [0.2, 0.25) is 0 Å². The van der Waals surface area contributed by atoms with Crippen molar-refractivity contribution in [1.82, 2.24) is 0 Å². The molecule has 1 aliphatic heterocycles. The molecule has 1 atom stereocenters. The Bertz CT molecular complexity index is 891. The highest BCUT2D eigenvalue weighted by atomic mass is 35.5. The number of aryl methyl sites for hydroxylation is 1. The van der Waals surface area contributed by atoms with Gasteiger partial charge in [0.1, 0.15) is 12.1 Å². The second kappa shape index (κ2) is 6.81. The Morgan fingerprint density at radius 2 is 1.96 bits per heavy atom. The van der Waals surface area contributed by atoms with E-state index in [1.807, 2.05) is 0 Å². The van der Waals surface area contributed by atoms with Crippen molar-refractivity contribution in [2.45, 2.75) is 20.4 Å². The Kier molecular flexibility index (Phi) is 4.73. The average Bonchev–Trinajstić information content (AvgIpc) is 2.68. The number of benzene rings is 2. The van der Waals surface area contributed by atoms with Gasteiger partial charge in [-0.05, 0) is 37.1 Å². The molecule has 0 radical (unpaired) electrons. The third-order valence-electron chi connectivity index (χ3n) is 4.49. The molecule has 0 saturated heterocycles. The van der Waals surface area contributed by atoms with Gasteiger partial charge in [0.25, 0.3) is 0 Å². The van der Waals surface area contributed by atoms with E-state index in [9.17, 15) is 14.0 Å². The van der Waals surface area contributed by atoms with Crippen LogP contribution < -0.4 is 4.90 Å². The first-order valence-electron chi connectivity index (χ1n) is 7.94. The van der Waals surface area contributed by atoms with Crippen molar-refractivity contribution in [1.29, 1.82) is 0 Å². The number of carbonyl (C=O) groups is 2. The first kappa shape index (κ1) is 17.4. The quantitative estimate of drug-likeness (QED) is 0.760. The molecule has 25 heavy (non-hydrogen) atoms. The van der Waals surface area contributed by atoms with Crippen molar-refractivity contribution in [3.8, 4) is 0 Å². The van der Waals surface area contributed by atoms with E-state index in [0.717, 1.165) is 0 Å². The standard InChI is InChI=1S/C20H17ClFNO2/c1-12-7-8-14(9-17(12)22)10-23-18-6-4-3-5-15(18)19(21)16(11-24)13(2)20(23)25/h3-9,11,13H,10H2,1-2H3. The van der Waals surface area contributed by atoms with E-state index in [4.69, 9.17) is 11.6 Å². The van der Waals surface area contributed by atoms with Crippen molar-refractivity contribution in [3.63, 3.8) is 0 Å². The van der Waals surface area contributed by atoms with E-state index in [-0.39, 0.29) is 28.9 Å². The number of hydrogen-bond acceptors (Lipinski definition) is 2. The minimum Gasteiger partial charge on any atom is -0.307 e. The van der Waals surface area contributed by atoms with E-state index in [1.165, 1.54) is 6.07 Å². The molecule has 2 aromatic carbocycles. The SMILES string of the molecule is Cc1ccc(CN2C(=O)C(C)C(C=O)=C(Cl)c3ccccc32)cc1F. The van der Waals surface area contributed by atoms with E-state index >= 15 is 0 Å². The maximum Gasteiger partial charge on any atom is 0.234 e. The van der Waals surface area contributed by atoms with Gasteiger partial charge in [-0.25, -0.2) is 4.39 Å². The number of amides is 1. The zero-order chi connectivity index (χ0) is 18.1. The summed E-state index contributed by atoms with van der Waals surface area (Å²) in [4.78, 5) is 26.0. The van der Waals surface area contributed by atoms with Gasteiger partial charge < -0.3 is 4.90 Å². The maximum atomic E-state index is 13.9. The third-order valence-corrected chi connectivity index (χ3v) is 4.91. The van der Waals surface area contributed by atoms with Gasteiger partial charge in [0.15, 0.2) is 0 Å². The summed E-state index contributed by atoms with van der Waals surface area (Å²) in [5.41, 5.74) is 2.72. The van der Waals surface area contributed by atoms with Crippen molar-refractivity contribution in [2.24, 2.45) is 5.92 Å². The van der Waals surface area contributed by atoms with Gasteiger partial charge in [-0.2, -0.15) is 0 Å². The number of nitrogens with zero attached hydrogens (tertiary/aromatic N) is 1. The van der Waals surface area contributed by atoms with Crippen molar-refractivity contribution in [2.75, 3.05) is 4.90 Å². The highest BCUT2D eigenvalue weighted by Gasteiger charge is 2.32. The number of anilines is 1. The molecule has 0 N–H and O–H groups in total. The normalized spacial score (nSPS) is 17.4. The van der Waals surface area contributed by atoms with E-state index in [0.29, 0.717) is 28.7 Å². The number of para-hydroxylation sites is 1. The molecule has 0 saturated carbocycles. The van der Waals surface area contributed by atoms with Crippen LogP contribution in [0.5, 0.6) is 0 Å². The fourth-order valence-corrected chi connectivity index (χ4v) is 3.33. The predicted molar refractivity (Wildman–Crippen MR) is 96.8 cm³/mol. The minimum absolute atomic E-state index is 0.202. The molecular formula is C20H17ClFNO2. The molecule has 0 aliphatic carbocycles. The number of aldehydes is 1. The Balaban J connectivity index is 2.10. The highest BCUT2D eigenvalue weighted by molar-refractivity contribution is 6.51. The van der Waals surface area contributed by atoms with E-state index < -0.39 is 5.92 Å². The monoisotopic (exact) mass is 357 g/mol. The van der Waals surface area contributed by atoms with Gasteiger partial charge in [-0.1, -0.05) is 41.9 Å². The van der Waals surface area contributed by atoms with Gasteiger partial charge in [0.05, 0.1) is 23.2 Å². The summed E-state index contributed by atoms with van der Waals surface area (Å²) in [5.74, 6) is -1.23. The second-order valence-corrected chi connectivity index (χ2v) is 6.51. The van der Waals surface area contributed by atoms with Crippen LogP contribution in [0.25, 0.3) is 5.03 Å². The van der Waals surface area contributed by atoms with Gasteiger partial charge in [-0.15, -0.1) is 0 Å². The highest BCUT2D eigenvalue weighted by Crippen LogP contribution is 2.38. The smallest absolute Gasteiger partial charge is 0.234 e. The lowest BCUT2D eigenvalue weighted by atomic mass is 10.00. The van der Waals surface area contributed by atoms with Crippen LogP contribution in [0.4, 0.5) is 10.1 Å². The van der Waals surface area contributed by atoms with Crippen LogP contribution in [-0.4, -0.2) is 12.2 Å². The Morgan fingerprint density at radius 3 is 2.64 bits per heavy atom. The van der Waals surface area contributed by atoms with Crippen LogP contribution in [-0.2, 0) is 16.1 Å². The molecule has 0 spiro atoms. The fourth-order valence-electron chi connectivity index (χ4n) is 2.96. The van der Waals surface area contributed by atoms with E-state index in [1.54, 1.807) is 55.1 Å². The number of hydrogen-bond donors (Lipinski definition) is 0. The van der Waals surface area contributed by atoms with Gasteiger partial charge in [-0.3, -0.25) is 9.59 Å². The molecule has 0 aromatic heterocycles. The summed E-state index contributed by atoms with van der Waals surface area (Å²) in [5, 5.41) is 0.282. The lowest BCUT2D eigenvalue weighted by Gasteiger charge is -2.25. The topological polar surface area (TPSA) is 37.4 Å². The van der Waals surface area contributed by atoms with E-state index in [2.05, 4.69) is 0 Å². The Hall–Kier alpha value is -2.46. The van der Waals surface area contributed by atoms with Crippen molar-refractivity contribution < 1.29 is 14.0 Å². The second-order valence-electron chi connectivity index (χ2n) is 6.13. The molecule has 5 heteroatoms. The molecule has 1 aliphatic rings. The molecule has 1 heterocycles. The number of carbonyl (C=O) groups excluding carboxylic acids is 2. The maximum absolute atomic E-state index is 13.9. The molecular weight excluding hydrogens is 341 g/mol. The number of halogens is 2. The summed E-state index contributed by atoms with van der Waals surface area (Å²) in [6.45, 7) is 3.55. The molecule has 2 aromatic rings. The van der Waals surface area contributed by atoms with Gasteiger partial charge in [0.2, 0.25) is 5.91 Å². The predicted octanol–water partition coefficient (Wildman–Crippen LogP) is 4.47.